The van der Waals surface area contributed by atoms with Crippen molar-refractivity contribution in [3.05, 3.63) is 67.2 Å². The van der Waals surface area contributed by atoms with Crippen molar-refractivity contribution in [3.63, 3.8) is 0 Å². The molecule has 0 unspecified atom stereocenters. The Morgan fingerprint density at radius 2 is 1.94 bits per heavy atom. The number of hydrogen-bond donors (Lipinski definition) is 2. The van der Waals surface area contributed by atoms with Gasteiger partial charge in [0.1, 0.15) is 0 Å². The number of H-pyrrole nitrogens is 1. The van der Waals surface area contributed by atoms with Crippen molar-refractivity contribution in [1.82, 2.24) is 19.8 Å². The van der Waals surface area contributed by atoms with E-state index in [1.54, 1.807) is 0 Å². The second-order valence-corrected chi connectivity index (χ2v) is 9.93. The molecular formula is C25H31BrN4O3. The van der Waals surface area contributed by atoms with E-state index in [0.717, 1.165) is 45.3 Å². The minimum atomic E-state index is -0.191. The number of halogens is 1. The molecule has 3 aromatic rings. The van der Waals surface area contributed by atoms with Gasteiger partial charge in [-0.1, -0.05) is 15.9 Å². The summed E-state index contributed by atoms with van der Waals surface area (Å²) in [6, 6.07) is 6.18. The Bertz CT molecular complexity index is 1240. The molecule has 1 aromatic carbocycles. The number of fused-ring (bicyclic) bond motifs is 1. The number of rotatable bonds is 6. The van der Waals surface area contributed by atoms with E-state index in [4.69, 9.17) is 4.74 Å². The van der Waals surface area contributed by atoms with Crippen molar-refractivity contribution in [1.29, 1.82) is 0 Å². The fourth-order valence-electron chi connectivity index (χ4n) is 4.54. The highest BCUT2D eigenvalue weighted by molar-refractivity contribution is 9.10. The third kappa shape index (κ3) is 5.08. The number of pyridine rings is 1. The van der Waals surface area contributed by atoms with Gasteiger partial charge in [0.15, 0.2) is 0 Å². The molecule has 1 aliphatic heterocycles. The predicted molar refractivity (Wildman–Crippen MR) is 134 cm³/mol. The Balaban J connectivity index is 1.62. The lowest BCUT2D eigenvalue weighted by Crippen LogP contribution is -2.37. The van der Waals surface area contributed by atoms with Gasteiger partial charge in [-0.2, -0.15) is 0 Å². The van der Waals surface area contributed by atoms with Gasteiger partial charge in [0.05, 0.1) is 24.3 Å². The lowest BCUT2D eigenvalue weighted by Gasteiger charge is -2.27. The molecule has 0 spiro atoms. The molecule has 0 bridgehead atoms. The number of aromatic nitrogens is 2. The number of morpholine rings is 1. The second-order valence-electron chi connectivity index (χ2n) is 9.02. The molecule has 176 valence electrons. The lowest BCUT2D eigenvalue weighted by atomic mass is 10.0. The smallest absolute Gasteiger partial charge is 0.253 e. The summed E-state index contributed by atoms with van der Waals surface area (Å²) >= 11 is 3.56. The first-order valence-electron chi connectivity index (χ1n) is 11.3. The Kier molecular flexibility index (Phi) is 7.07. The summed E-state index contributed by atoms with van der Waals surface area (Å²) in [7, 11) is 0. The molecule has 2 N–H and O–H groups in total. The van der Waals surface area contributed by atoms with E-state index < -0.39 is 0 Å². The molecule has 0 saturated carbocycles. The van der Waals surface area contributed by atoms with Crippen LogP contribution in [0, 0.1) is 13.8 Å². The maximum absolute atomic E-state index is 13.3. The second kappa shape index (κ2) is 9.83. The van der Waals surface area contributed by atoms with E-state index in [-0.39, 0.29) is 24.1 Å². The van der Waals surface area contributed by atoms with Gasteiger partial charge in [-0.05, 0) is 57.0 Å². The number of carbonyl (C=O) groups is 1. The predicted octanol–water partition coefficient (Wildman–Crippen LogP) is 4.05. The maximum atomic E-state index is 13.3. The molecule has 0 radical (unpaired) electrons. The molecule has 7 nitrogen and oxygen atoms in total. The number of benzene rings is 1. The Morgan fingerprint density at radius 3 is 2.64 bits per heavy atom. The molecule has 2 aromatic heterocycles. The molecule has 33 heavy (non-hydrogen) atoms. The van der Waals surface area contributed by atoms with Crippen molar-refractivity contribution in [2.24, 2.45) is 0 Å². The summed E-state index contributed by atoms with van der Waals surface area (Å²) in [6.45, 7) is 12.1. The number of ether oxygens (including phenoxy) is 1. The average molecular weight is 515 g/mol. The zero-order valence-electron chi connectivity index (χ0n) is 19.6. The molecule has 8 heteroatoms. The van der Waals surface area contributed by atoms with Gasteiger partial charge in [0.2, 0.25) is 0 Å². The molecule has 0 aliphatic carbocycles. The van der Waals surface area contributed by atoms with E-state index in [1.807, 2.05) is 32.0 Å². The zero-order valence-corrected chi connectivity index (χ0v) is 21.2. The summed E-state index contributed by atoms with van der Waals surface area (Å²) in [6.07, 6.45) is 2.09. The Hall–Kier alpha value is -2.42. The van der Waals surface area contributed by atoms with E-state index in [1.165, 1.54) is 0 Å². The number of aromatic amines is 1. The molecule has 1 saturated heterocycles. The van der Waals surface area contributed by atoms with Crippen molar-refractivity contribution in [2.45, 2.75) is 46.8 Å². The largest absolute Gasteiger partial charge is 0.379 e. The molecular weight excluding hydrogens is 484 g/mol. The lowest BCUT2D eigenvalue weighted by molar-refractivity contribution is 0.0340. The number of nitrogens with one attached hydrogen (secondary N) is 2. The molecule has 1 aliphatic rings. The minimum absolute atomic E-state index is 0.153. The van der Waals surface area contributed by atoms with E-state index in [9.17, 15) is 9.59 Å². The quantitative estimate of drug-likeness (QED) is 0.519. The molecule has 0 atom stereocenters. The van der Waals surface area contributed by atoms with E-state index in [0.29, 0.717) is 30.9 Å². The number of amides is 1. The summed E-state index contributed by atoms with van der Waals surface area (Å²) in [5.41, 5.74) is 4.89. The van der Waals surface area contributed by atoms with Crippen LogP contribution in [0.2, 0.25) is 0 Å². The van der Waals surface area contributed by atoms with Gasteiger partial charge in [-0.25, -0.2) is 0 Å². The highest BCUT2D eigenvalue weighted by Crippen LogP contribution is 2.31. The van der Waals surface area contributed by atoms with Gasteiger partial charge in [-0.3, -0.25) is 14.5 Å². The third-order valence-electron chi connectivity index (χ3n) is 6.18. The van der Waals surface area contributed by atoms with Crippen LogP contribution in [-0.2, 0) is 17.8 Å². The first-order valence-corrected chi connectivity index (χ1v) is 12.1. The minimum Gasteiger partial charge on any atom is -0.379 e. The van der Waals surface area contributed by atoms with Gasteiger partial charge >= 0.3 is 0 Å². The number of carbonyl (C=O) groups excluding carboxylic acids is 1. The maximum Gasteiger partial charge on any atom is 0.253 e. The zero-order chi connectivity index (χ0) is 23.7. The SMILES string of the molecule is Cc1cc(CN2CCOCC2)c(CNC(=O)c2cc(Br)cc3c2c(C)cn3C(C)C)c(=O)[nH]1. The number of hydrogen-bond acceptors (Lipinski definition) is 4. The number of nitrogens with zero attached hydrogens (tertiary/aromatic N) is 2. The van der Waals surface area contributed by atoms with Gasteiger partial charge in [-0.15, -0.1) is 0 Å². The van der Waals surface area contributed by atoms with Gasteiger partial charge in [0.25, 0.3) is 11.5 Å². The third-order valence-corrected chi connectivity index (χ3v) is 6.63. The summed E-state index contributed by atoms with van der Waals surface area (Å²) in [4.78, 5) is 31.3. The van der Waals surface area contributed by atoms with Crippen LogP contribution in [-0.4, -0.2) is 46.7 Å². The molecule has 3 heterocycles. The topological polar surface area (TPSA) is 79.4 Å². The Labute approximate surface area is 202 Å². The first kappa shape index (κ1) is 23.7. The van der Waals surface area contributed by atoms with E-state index >= 15 is 0 Å². The summed E-state index contributed by atoms with van der Waals surface area (Å²) in [5.74, 6) is -0.191. The van der Waals surface area contributed by atoms with Crippen molar-refractivity contribution in [2.75, 3.05) is 26.3 Å². The van der Waals surface area contributed by atoms with E-state index in [2.05, 4.69) is 55.7 Å². The van der Waals surface area contributed by atoms with Gasteiger partial charge in [0, 0.05) is 59.5 Å². The van der Waals surface area contributed by atoms with Gasteiger partial charge < -0.3 is 19.6 Å². The van der Waals surface area contributed by atoms with Crippen molar-refractivity contribution >= 4 is 32.7 Å². The number of aryl methyl sites for hydroxylation is 2. The van der Waals surface area contributed by atoms with Crippen LogP contribution in [0.15, 0.2) is 33.7 Å². The normalized spacial score (nSPS) is 14.8. The van der Waals surface area contributed by atoms with Crippen LogP contribution in [0.1, 0.15) is 52.6 Å². The van der Waals surface area contributed by atoms with Crippen LogP contribution >= 0.6 is 15.9 Å². The van der Waals surface area contributed by atoms with Crippen molar-refractivity contribution in [3.8, 4) is 0 Å². The fourth-order valence-corrected chi connectivity index (χ4v) is 4.99. The van der Waals surface area contributed by atoms with Crippen LogP contribution in [0.3, 0.4) is 0 Å². The standard InChI is InChI=1S/C25H31BrN4O3/c1-15(2)30-13-16(3)23-20(10-19(26)11-22(23)30)24(31)27-12-21-18(9-17(4)28-25(21)32)14-29-5-7-33-8-6-29/h9-11,13,15H,5-8,12,14H2,1-4H3,(H,27,31)(H,28,32). The highest BCUT2D eigenvalue weighted by atomic mass is 79.9. The van der Waals surface area contributed by atoms with Crippen LogP contribution in [0.4, 0.5) is 0 Å². The summed E-state index contributed by atoms with van der Waals surface area (Å²) in [5, 5.41) is 3.95. The van der Waals surface area contributed by atoms with Crippen LogP contribution in [0.25, 0.3) is 10.9 Å². The Morgan fingerprint density at radius 1 is 1.21 bits per heavy atom. The molecule has 1 fully saturated rings. The molecule has 1 amide bonds. The summed E-state index contributed by atoms with van der Waals surface area (Å²) < 4.78 is 8.47. The first-order chi connectivity index (χ1) is 15.7. The van der Waals surface area contributed by atoms with Crippen molar-refractivity contribution < 1.29 is 9.53 Å². The highest BCUT2D eigenvalue weighted by Gasteiger charge is 2.20. The fraction of sp³-hybridized carbons (Fsp3) is 0.440. The molecule has 4 rings (SSSR count). The monoisotopic (exact) mass is 514 g/mol. The average Bonchev–Trinajstić information content (AvgIpc) is 3.09. The van der Waals surface area contributed by atoms with Crippen LogP contribution < -0.4 is 10.9 Å². The van der Waals surface area contributed by atoms with Crippen LogP contribution in [0.5, 0.6) is 0 Å².